The zero-order valence-corrected chi connectivity index (χ0v) is 11.2. The molecule has 2 N–H and O–H groups in total. The molecule has 1 aromatic rings. The molecule has 1 fully saturated rings. The first-order valence-electron chi connectivity index (χ1n) is 6.58. The molecule has 1 unspecified atom stereocenters. The van der Waals surface area contributed by atoms with Crippen LogP contribution in [-0.2, 0) is 5.41 Å². The van der Waals surface area contributed by atoms with Crippen molar-refractivity contribution in [1.29, 1.82) is 0 Å². The van der Waals surface area contributed by atoms with E-state index < -0.39 is 0 Å². The number of anilines is 1. The smallest absolute Gasteiger partial charge is 0.0404 e. The van der Waals surface area contributed by atoms with Gasteiger partial charge in [0, 0.05) is 24.8 Å². The number of nitrogens with two attached hydrogens (primary N) is 1. The summed E-state index contributed by atoms with van der Waals surface area (Å²) < 4.78 is 0. The van der Waals surface area contributed by atoms with E-state index in [1.807, 2.05) is 0 Å². The first kappa shape index (κ1) is 12.4. The molecular formula is C15H24N2. The van der Waals surface area contributed by atoms with Gasteiger partial charge in [-0.25, -0.2) is 0 Å². The van der Waals surface area contributed by atoms with E-state index in [2.05, 4.69) is 49.9 Å². The van der Waals surface area contributed by atoms with Crippen molar-refractivity contribution in [3.63, 3.8) is 0 Å². The molecule has 94 valence electrons. The van der Waals surface area contributed by atoms with Crippen LogP contribution in [0.2, 0.25) is 0 Å². The molecule has 1 heterocycles. The van der Waals surface area contributed by atoms with Crippen LogP contribution in [0.15, 0.2) is 24.3 Å². The summed E-state index contributed by atoms with van der Waals surface area (Å²) in [5.74, 6) is 0. The van der Waals surface area contributed by atoms with Crippen LogP contribution in [0.1, 0.15) is 39.2 Å². The predicted molar refractivity (Wildman–Crippen MR) is 74.6 cm³/mol. The Morgan fingerprint density at radius 2 is 1.94 bits per heavy atom. The van der Waals surface area contributed by atoms with Gasteiger partial charge in [0.25, 0.3) is 0 Å². The minimum atomic E-state index is 0.193. The van der Waals surface area contributed by atoms with Crippen molar-refractivity contribution in [3.8, 4) is 0 Å². The molecule has 2 nitrogen and oxygen atoms in total. The van der Waals surface area contributed by atoms with E-state index in [1.165, 1.54) is 17.7 Å². The number of nitrogens with zero attached hydrogens (tertiary/aromatic N) is 1. The maximum Gasteiger partial charge on any atom is 0.0404 e. The Hall–Kier alpha value is -1.02. The van der Waals surface area contributed by atoms with Crippen LogP contribution >= 0.6 is 0 Å². The molecule has 0 spiro atoms. The standard InChI is InChI=1S/C15H24N2/c1-15(2,3)13-8-4-5-9-14(13)17-10-6-7-12(16)11-17/h4-5,8-9,12H,6-7,10-11,16H2,1-3H3. The lowest BCUT2D eigenvalue weighted by molar-refractivity contribution is 0.500. The number of benzene rings is 1. The van der Waals surface area contributed by atoms with Crippen molar-refractivity contribution in [1.82, 2.24) is 0 Å². The lowest BCUT2D eigenvalue weighted by Gasteiger charge is -2.36. The van der Waals surface area contributed by atoms with Gasteiger partial charge in [-0.2, -0.15) is 0 Å². The average Bonchev–Trinajstić information content (AvgIpc) is 2.28. The van der Waals surface area contributed by atoms with Crippen LogP contribution in [0.5, 0.6) is 0 Å². The molecule has 0 saturated carbocycles. The molecule has 2 rings (SSSR count). The highest BCUT2D eigenvalue weighted by molar-refractivity contribution is 5.56. The highest BCUT2D eigenvalue weighted by atomic mass is 15.2. The van der Waals surface area contributed by atoms with Crippen molar-refractivity contribution in [2.45, 2.75) is 45.1 Å². The van der Waals surface area contributed by atoms with Crippen LogP contribution in [0, 0.1) is 0 Å². The maximum absolute atomic E-state index is 6.08. The van der Waals surface area contributed by atoms with Gasteiger partial charge in [-0.1, -0.05) is 39.0 Å². The molecule has 1 aliphatic heterocycles. The van der Waals surface area contributed by atoms with E-state index in [4.69, 9.17) is 5.73 Å². The summed E-state index contributed by atoms with van der Waals surface area (Å²) >= 11 is 0. The Morgan fingerprint density at radius 1 is 1.24 bits per heavy atom. The van der Waals surface area contributed by atoms with Gasteiger partial charge in [0.15, 0.2) is 0 Å². The predicted octanol–water partition coefficient (Wildman–Crippen LogP) is 2.91. The summed E-state index contributed by atoms with van der Waals surface area (Å²) in [6, 6.07) is 9.07. The average molecular weight is 232 g/mol. The number of para-hydroxylation sites is 1. The summed E-state index contributed by atoms with van der Waals surface area (Å²) in [5, 5.41) is 0. The fourth-order valence-electron chi connectivity index (χ4n) is 2.61. The van der Waals surface area contributed by atoms with Gasteiger partial charge in [-0.3, -0.25) is 0 Å². The van der Waals surface area contributed by atoms with Gasteiger partial charge >= 0.3 is 0 Å². The molecule has 2 heteroatoms. The van der Waals surface area contributed by atoms with Crippen LogP contribution in [0.3, 0.4) is 0 Å². The fraction of sp³-hybridized carbons (Fsp3) is 0.600. The van der Waals surface area contributed by atoms with Gasteiger partial charge in [0.05, 0.1) is 0 Å². The summed E-state index contributed by atoms with van der Waals surface area (Å²) in [4.78, 5) is 2.45. The van der Waals surface area contributed by atoms with Gasteiger partial charge < -0.3 is 10.6 Å². The van der Waals surface area contributed by atoms with Crippen LogP contribution in [0.25, 0.3) is 0 Å². The maximum atomic E-state index is 6.08. The molecule has 0 amide bonds. The molecule has 0 aromatic heterocycles. The van der Waals surface area contributed by atoms with E-state index in [0.29, 0.717) is 6.04 Å². The van der Waals surface area contributed by atoms with Crippen LogP contribution < -0.4 is 10.6 Å². The van der Waals surface area contributed by atoms with Crippen molar-refractivity contribution >= 4 is 5.69 Å². The zero-order chi connectivity index (χ0) is 12.5. The van der Waals surface area contributed by atoms with Crippen LogP contribution in [0.4, 0.5) is 5.69 Å². The summed E-state index contributed by atoms with van der Waals surface area (Å²) in [6.45, 7) is 8.95. The Labute approximate surface area is 105 Å². The summed E-state index contributed by atoms with van der Waals surface area (Å²) in [5.41, 5.74) is 9.07. The first-order chi connectivity index (χ1) is 7.98. The van der Waals surface area contributed by atoms with E-state index in [9.17, 15) is 0 Å². The Morgan fingerprint density at radius 3 is 2.59 bits per heavy atom. The van der Waals surface area contributed by atoms with E-state index >= 15 is 0 Å². The largest absolute Gasteiger partial charge is 0.370 e. The third-order valence-corrected chi connectivity index (χ3v) is 3.51. The Balaban J connectivity index is 2.31. The molecule has 0 aliphatic carbocycles. The Kier molecular flexibility index (Phi) is 3.43. The van der Waals surface area contributed by atoms with Gasteiger partial charge in [0.2, 0.25) is 0 Å². The normalized spacial score (nSPS) is 21.6. The molecule has 1 aliphatic rings. The zero-order valence-electron chi connectivity index (χ0n) is 11.2. The van der Waals surface area contributed by atoms with E-state index in [-0.39, 0.29) is 5.41 Å². The number of hydrogen-bond acceptors (Lipinski definition) is 2. The first-order valence-corrected chi connectivity index (χ1v) is 6.58. The molecule has 1 atom stereocenters. The lowest BCUT2D eigenvalue weighted by Crippen LogP contribution is -2.43. The van der Waals surface area contributed by atoms with Gasteiger partial charge in [-0.15, -0.1) is 0 Å². The quantitative estimate of drug-likeness (QED) is 0.806. The molecular weight excluding hydrogens is 208 g/mol. The summed E-state index contributed by atoms with van der Waals surface area (Å²) in [6.07, 6.45) is 2.37. The van der Waals surface area contributed by atoms with E-state index in [0.717, 1.165) is 19.5 Å². The topological polar surface area (TPSA) is 29.3 Å². The Bertz CT molecular complexity index is 379. The summed E-state index contributed by atoms with van der Waals surface area (Å²) in [7, 11) is 0. The van der Waals surface area contributed by atoms with Crippen molar-refractivity contribution in [3.05, 3.63) is 29.8 Å². The minimum absolute atomic E-state index is 0.193. The number of hydrogen-bond donors (Lipinski definition) is 1. The molecule has 0 radical (unpaired) electrons. The highest BCUT2D eigenvalue weighted by Crippen LogP contribution is 2.32. The number of piperidine rings is 1. The SMILES string of the molecule is CC(C)(C)c1ccccc1N1CCCC(N)C1. The second kappa shape index (κ2) is 4.69. The second-order valence-corrected chi connectivity index (χ2v) is 6.12. The van der Waals surface area contributed by atoms with Crippen LogP contribution in [-0.4, -0.2) is 19.1 Å². The highest BCUT2D eigenvalue weighted by Gasteiger charge is 2.23. The van der Waals surface area contributed by atoms with Crippen molar-refractivity contribution < 1.29 is 0 Å². The molecule has 1 aromatic carbocycles. The lowest BCUT2D eigenvalue weighted by atomic mass is 9.85. The fourth-order valence-corrected chi connectivity index (χ4v) is 2.61. The third-order valence-electron chi connectivity index (χ3n) is 3.51. The minimum Gasteiger partial charge on any atom is -0.370 e. The van der Waals surface area contributed by atoms with Crippen molar-refractivity contribution in [2.24, 2.45) is 5.73 Å². The molecule has 17 heavy (non-hydrogen) atoms. The number of rotatable bonds is 1. The van der Waals surface area contributed by atoms with Gasteiger partial charge in [-0.05, 0) is 29.9 Å². The molecule has 0 bridgehead atoms. The van der Waals surface area contributed by atoms with Crippen molar-refractivity contribution in [2.75, 3.05) is 18.0 Å². The van der Waals surface area contributed by atoms with E-state index in [1.54, 1.807) is 0 Å². The van der Waals surface area contributed by atoms with Gasteiger partial charge in [0.1, 0.15) is 0 Å². The molecule has 1 saturated heterocycles. The third kappa shape index (κ3) is 2.81. The monoisotopic (exact) mass is 232 g/mol. The second-order valence-electron chi connectivity index (χ2n) is 6.12.